The number of primary amides is 1. The Labute approximate surface area is 205 Å². The lowest BCUT2D eigenvalue weighted by atomic mass is 9.99. The number of rotatable bonds is 8. The van der Waals surface area contributed by atoms with Crippen LogP contribution in [0, 0.1) is 11.3 Å². The first-order valence-electron chi connectivity index (χ1n) is 11.6. The maximum absolute atomic E-state index is 13.1. The van der Waals surface area contributed by atoms with Crippen LogP contribution in [0.15, 0.2) is 24.3 Å². The Bertz CT molecular complexity index is 1210. The van der Waals surface area contributed by atoms with Crippen LogP contribution < -0.4 is 11.5 Å². The Morgan fingerprint density at radius 2 is 2.00 bits per heavy atom. The average Bonchev–Trinajstić information content (AvgIpc) is 3.08. The largest absolute Gasteiger partial charge is 0.460 e. The molecule has 35 heavy (non-hydrogen) atoms. The number of carbonyl (C=O) groups is 3. The topological polar surface area (TPSA) is 152 Å². The third-order valence-electron chi connectivity index (χ3n) is 5.74. The van der Waals surface area contributed by atoms with Crippen molar-refractivity contribution in [2.75, 3.05) is 5.73 Å². The number of aromatic nitrogens is 1. The van der Waals surface area contributed by atoms with Crippen molar-refractivity contribution >= 4 is 23.6 Å². The highest BCUT2D eigenvalue weighted by atomic mass is 16.6. The minimum atomic E-state index is -0.939. The number of nitriles is 1. The lowest BCUT2D eigenvalue weighted by Gasteiger charge is -2.25. The number of benzene rings is 1. The fourth-order valence-corrected chi connectivity index (χ4v) is 4.22. The molecule has 1 aromatic carbocycles. The van der Waals surface area contributed by atoms with E-state index < -0.39 is 23.5 Å². The Hall–Kier alpha value is -3.93. The Morgan fingerprint density at radius 1 is 1.29 bits per heavy atom. The number of fused-ring (bicyclic) bond motifs is 1. The van der Waals surface area contributed by atoms with Gasteiger partial charge in [-0.2, -0.15) is 5.26 Å². The van der Waals surface area contributed by atoms with Gasteiger partial charge < -0.3 is 21.1 Å². The number of anilines is 1. The molecule has 1 aliphatic heterocycles. The van der Waals surface area contributed by atoms with Gasteiger partial charge in [-0.1, -0.05) is 19.4 Å². The number of nitrogen functional groups attached to an aromatic ring is 1. The van der Waals surface area contributed by atoms with E-state index in [1.165, 1.54) is 4.90 Å². The predicted octanol–water partition coefficient (Wildman–Crippen LogP) is 3.09. The maximum atomic E-state index is 13.1. The van der Waals surface area contributed by atoms with Crippen LogP contribution in [0.4, 0.5) is 5.82 Å². The van der Waals surface area contributed by atoms with Crippen LogP contribution in [-0.4, -0.2) is 39.3 Å². The van der Waals surface area contributed by atoms with Gasteiger partial charge in [0.05, 0.1) is 11.3 Å². The van der Waals surface area contributed by atoms with Crippen molar-refractivity contribution in [2.24, 2.45) is 5.73 Å². The van der Waals surface area contributed by atoms with Crippen molar-refractivity contribution < 1.29 is 19.1 Å². The van der Waals surface area contributed by atoms with E-state index in [2.05, 4.69) is 11.1 Å². The van der Waals surface area contributed by atoms with E-state index in [4.69, 9.17) is 16.2 Å². The Balaban J connectivity index is 1.85. The van der Waals surface area contributed by atoms with Crippen molar-refractivity contribution in [3.05, 3.63) is 46.5 Å². The number of carbonyl (C=O) groups excluding carboxylic acids is 3. The zero-order valence-electron chi connectivity index (χ0n) is 20.6. The summed E-state index contributed by atoms with van der Waals surface area (Å²) in [5.74, 6) is -1.29. The summed E-state index contributed by atoms with van der Waals surface area (Å²) in [7, 11) is 0. The van der Waals surface area contributed by atoms with E-state index in [1.807, 2.05) is 19.1 Å². The normalized spacial score (nSPS) is 13.8. The molecule has 0 saturated carbocycles. The van der Waals surface area contributed by atoms with Crippen LogP contribution >= 0.6 is 0 Å². The van der Waals surface area contributed by atoms with Crippen molar-refractivity contribution in [3.8, 4) is 17.3 Å². The van der Waals surface area contributed by atoms with Crippen LogP contribution in [0.25, 0.3) is 11.3 Å². The van der Waals surface area contributed by atoms with Crippen molar-refractivity contribution in [1.82, 2.24) is 9.88 Å². The molecule has 0 bridgehead atoms. The number of nitrogens with two attached hydrogens (primary N) is 2. The molecule has 0 saturated heterocycles. The van der Waals surface area contributed by atoms with E-state index in [9.17, 15) is 19.6 Å². The summed E-state index contributed by atoms with van der Waals surface area (Å²) in [6, 6.07) is 8.32. The fourth-order valence-electron chi connectivity index (χ4n) is 4.22. The monoisotopic (exact) mass is 477 g/mol. The molecule has 9 heteroatoms. The number of ether oxygens (including phenoxy) is 1. The third kappa shape index (κ3) is 5.77. The molecule has 1 aromatic heterocycles. The van der Waals surface area contributed by atoms with Gasteiger partial charge in [-0.3, -0.25) is 14.4 Å². The molecule has 0 radical (unpaired) electrons. The number of amides is 2. The predicted molar refractivity (Wildman–Crippen MR) is 131 cm³/mol. The number of esters is 1. The zero-order chi connectivity index (χ0) is 25.9. The van der Waals surface area contributed by atoms with Crippen LogP contribution in [0.2, 0.25) is 0 Å². The molecule has 0 fully saturated rings. The third-order valence-corrected chi connectivity index (χ3v) is 5.74. The van der Waals surface area contributed by atoms with Gasteiger partial charge in [-0.25, -0.2) is 4.98 Å². The van der Waals surface area contributed by atoms with Gasteiger partial charge in [0.1, 0.15) is 23.5 Å². The summed E-state index contributed by atoms with van der Waals surface area (Å²) >= 11 is 0. The van der Waals surface area contributed by atoms with E-state index in [1.54, 1.807) is 32.9 Å². The van der Waals surface area contributed by atoms with Crippen LogP contribution in [0.3, 0.4) is 0 Å². The molecule has 2 heterocycles. The lowest BCUT2D eigenvalue weighted by molar-refractivity contribution is -0.155. The van der Waals surface area contributed by atoms with Gasteiger partial charge >= 0.3 is 5.97 Å². The van der Waals surface area contributed by atoms with E-state index >= 15 is 0 Å². The second-order valence-electron chi connectivity index (χ2n) is 9.64. The minimum absolute atomic E-state index is 0.0368. The summed E-state index contributed by atoms with van der Waals surface area (Å²) in [6.07, 6.45) is 1.58. The summed E-state index contributed by atoms with van der Waals surface area (Å²) in [6.45, 7) is 7.48. The van der Waals surface area contributed by atoms with E-state index in [0.29, 0.717) is 23.2 Å². The van der Waals surface area contributed by atoms with Crippen molar-refractivity contribution in [1.29, 1.82) is 5.26 Å². The molecule has 0 aliphatic carbocycles. The molecule has 2 aromatic rings. The molecular formula is C26H31N5O4. The second kappa shape index (κ2) is 10.1. The quantitative estimate of drug-likeness (QED) is 0.554. The summed E-state index contributed by atoms with van der Waals surface area (Å²) in [5.41, 5.74) is 14.7. The molecule has 0 spiro atoms. The highest BCUT2D eigenvalue weighted by Crippen LogP contribution is 2.31. The lowest BCUT2D eigenvalue weighted by Crippen LogP contribution is -2.45. The summed E-state index contributed by atoms with van der Waals surface area (Å²) in [4.78, 5) is 43.2. The molecule has 4 N–H and O–H groups in total. The first-order valence-corrected chi connectivity index (χ1v) is 11.6. The standard InChI is InChI=1S/C26H31N5O4/c1-5-6-15-12-20(30-23(28)19(15)13-27)16-7-8-18-17(11-16)14-31(25(18)34)21(24(29)33)9-10-22(32)35-26(2,3)4/h7-8,11-12,21H,5-6,9-10,14H2,1-4H3,(H2,28,30)(H2,29,33)/t21-/m0/s1. The van der Waals surface area contributed by atoms with Gasteiger partial charge in [0, 0.05) is 24.1 Å². The molecule has 2 amide bonds. The molecule has 3 rings (SSSR count). The van der Waals surface area contributed by atoms with Crippen LogP contribution in [-0.2, 0) is 27.3 Å². The fraction of sp³-hybridized carbons (Fsp3) is 0.423. The summed E-state index contributed by atoms with van der Waals surface area (Å²) in [5, 5.41) is 9.42. The molecule has 0 unspecified atom stereocenters. The SMILES string of the molecule is CCCc1cc(-c2ccc3c(c2)CN([C@@H](CCC(=O)OC(C)(C)C)C(N)=O)C3=O)nc(N)c1C#N. The first-order chi connectivity index (χ1) is 16.4. The van der Waals surface area contributed by atoms with Crippen molar-refractivity contribution in [2.45, 2.75) is 71.6 Å². The Kier molecular flexibility index (Phi) is 7.44. The summed E-state index contributed by atoms with van der Waals surface area (Å²) < 4.78 is 5.31. The molecule has 9 nitrogen and oxygen atoms in total. The molecular weight excluding hydrogens is 446 g/mol. The van der Waals surface area contributed by atoms with Gasteiger partial charge in [-0.05, 0) is 62.9 Å². The number of hydrogen-bond donors (Lipinski definition) is 2. The number of pyridine rings is 1. The Morgan fingerprint density at radius 3 is 2.60 bits per heavy atom. The van der Waals surface area contributed by atoms with Crippen LogP contribution in [0.5, 0.6) is 0 Å². The average molecular weight is 478 g/mol. The minimum Gasteiger partial charge on any atom is -0.460 e. The van der Waals surface area contributed by atoms with Gasteiger partial charge in [0.25, 0.3) is 5.91 Å². The molecule has 184 valence electrons. The highest BCUT2D eigenvalue weighted by molar-refractivity contribution is 6.01. The highest BCUT2D eigenvalue weighted by Gasteiger charge is 2.36. The zero-order valence-corrected chi connectivity index (χ0v) is 20.6. The van der Waals surface area contributed by atoms with E-state index in [-0.39, 0.29) is 31.1 Å². The van der Waals surface area contributed by atoms with Crippen LogP contribution in [0.1, 0.15) is 74.0 Å². The van der Waals surface area contributed by atoms with Gasteiger partial charge in [0.15, 0.2) is 0 Å². The molecule has 1 atom stereocenters. The maximum Gasteiger partial charge on any atom is 0.306 e. The molecule has 1 aliphatic rings. The van der Waals surface area contributed by atoms with Gasteiger partial charge in [-0.15, -0.1) is 0 Å². The number of hydrogen-bond acceptors (Lipinski definition) is 7. The second-order valence-corrected chi connectivity index (χ2v) is 9.64. The number of aryl methyl sites for hydroxylation is 1. The van der Waals surface area contributed by atoms with Gasteiger partial charge in [0.2, 0.25) is 5.91 Å². The first kappa shape index (κ1) is 25.7. The number of nitrogens with zero attached hydrogens (tertiary/aromatic N) is 3. The van der Waals surface area contributed by atoms with E-state index in [0.717, 1.165) is 23.1 Å². The van der Waals surface area contributed by atoms with Crippen molar-refractivity contribution in [3.63, 3.8) is 0 Å². The smallest absolute Gasteiger partial charge is 0.306 e.